The summed E-state index contributed by atoms with van der Waals surface area (Å²) in [5, 5.41) is 3.63. The van der Waals surface area contributed by atoms with Crippen LogP contribution in [0.15, 0.2) is 17.2 Å². The fourth-order valence-corrected chi connectivity index (χ4v) is 3.41. The largest absolute Gasteiger partial charge is 0.494 e. The first-order chi connectivity index (χ1) is 10.9. The molecular formula is C14H19BClN3O4S. The van der Waals surface area contributed by atoms with Crippen molar-refractivity contribution in [2.75, 3.05) is 0 Å². The second-order valence-corrected chi connectivity index (χ2v) is 9.56. The lowest BCUT2D eigenvalue weighted by Gasteiger charge is -2.32. The maximum Gasteiger partial charge on any atom is 0.494 e. The van der Waals surface area contributed by atoms with E-state index in [0.717, 1.165) is 0 Å². The van der Waals surface area contributed by atoms with Crippen LogP contribution < -0.4 is 5.46 Å². The molecule has 130 valence electrons. The van der Waals surface area contributed by atoms with Gasteiger partial charge in [-0.2, -0.15) is 0 Å². The number of hydrogen-bond donors (Lipinski definition) is 0. The van der Waals surface area contributed by atoms with Crippen molar-refractivity contribution in [3.8, 4) is 0 Å². The molecule has 0 unspecified atom stereocenters. The van der Waals surface area contributed by atoms with Gasteiger partial charge in [0.25, 0.3) is 0 Å². The number of rotatable bonds is 4. The number of nitrogens with zero attached hydrogens (tertiary/aromatic N) is 3. The Hall–Kier alpha value is -1.25. The molecule has 24 heavy (non-hydrogen) atoms. The van der Waals surface area contributed by atoms with E-state index in [4.69, 9.17) is 25.5 Å². The van der Waals surface area contributed by atoms with Crippen molar-refractivity contribution in [2.45, 2.75) is 51.6 Å². The molecular weight excluding hydrogens is 353 g/mol. The molecule has 1 aliphatic heterocycles. The van der Waals surface area contributed by atoms with Gasteiger partial charge in [-0.25, -0.2) is 8.42 Å². The minimum atomic E-state index is -3.76. The molecule has 7 nitrogen and oxygen atoms in total. The van der Waals surface area contributed by atoms with Crippen molar-refractivity contribution in [3.05, 3.63) is 33.7 Å². The quantitative estimate of drug-likeness (QED) is 0.266. The number of hydrogen-bond acceptors (Lipinski definition) is 5. The Morgan fingerprint density at radius 3 is 2.25 bits per heavy atom. The normalized spacial score (nSPS) is 19.2. The van der Waals surface area contributed by atoms with E-state index in [2.05, 4.69) is 10.0 Å². The zero-order valence-electron chi connectivity index (χ0n) is 14.2. The first kappa shape index (κ1) is 19.1. The Labute approximate surface area is 146 Å². The van der Waals surface area contributed by atoms with Crippen molar-refractivity contribution in [2.24, 2.45) is 5.11 Å². The molecule has 1 fully saturated rings. The zero-order valence-corrected chi connectivity index (χ0v) is 15.8. The van der Waals surface area contributed by atoms with Crippen LogP contribution in [0.3, 0.4) is 0 Å². The summed E-state index contributed by atoms with van der Waals surface area (Å²) in [5.41, 5.74) is 9.56. The Kier molecular flexibility index (Phi) is 4.96. The summed E-state index contributed by atoms with van der Waals surface area (Å²) in [5.74, 6) is -0.373. The summed E-state index contributed by atoms with van der Waals surface area (Å²) in [7, 11) is 0.922. The van der Waals surface area contributed by atoms with Crippen LogP contribution in [0.25, 0.3) is 10.4 Å². The van der Waals surface area contributed by atoms with Gasteiger partial charge in [-0.05, 0) is 56.7 Å². The van der Waals surface area contributed by atoms with Gasteiger partial charge in [0, 0.05) is 21.3 Å². The standard InChI is InChI=1S/C14H19BClN3O4S/c1-9-10(8-24(16,20)21)6-11(7-12(9)18-19-17)15-22-13(2,3)14(4,5)23-15/h6-7H,8H2,1-5H3. The van der Waals surface area contributed by atoms with Gasteiger partial charge in [0.1, 0.15) is 0 Å². The van der Waals surface area contributed by atoms with Gasteiger partial charge in [0.15, 0.2) is 0 Å². The van der Waals surface area contributed by atoms with E-state index in [9.17, 15) is 8.42 Å². The van der Waals surface area contributed by atoms with E-state index < -0.39 is 27.4 Å². The lowest BCUT2D eigenvalue weighted by molar-refractivity contribution is 0.00578. The molecule has 0 saturated carbocycles. The van der Waals surface area contributed by atoms with Gasteiger partial charge in [-0.15, -0.1) is 0 Å². The summed E-state index contributed by atoms with van der Waals surface area (Å²) in [6, 6.07) is 3.30. The smallest absolute Gasteiger partial charge is 0.399 e. The summed E-state index contributed by atoms with van der Waals surface area (Å²) >= 11 is 0. The molecule has 2 rings (SSSR count). The Bertz CT molecular complexity index is 804. The SMILES string of the molecule is Cc1c(CS(=O)(=O)Cl)cc(B2OC(C)(C)C(C)(C)O2)cc1N=[N+]=[N-]. The molecule has 0 radical (unpaired) electrons. The second-order valence-electron chi connectivity index (χ2n) is 6.79. The zero-order chi connectivity index (χ0) is 18.3. The average Bonchev–Trinajstić information content (AvgIpc) is 2.61. The highest BCUT2D eigenvalue weighted by Crippen LogP contribution is 2.37. The van der Waals surface area contributed by atoms with Gasteiger partial charge in [0.05, 0.1) is 17.0 Å². The minimum Gasteiger partial charge on any atom is -0.399 e. The molecule has 10 heteroatoms. The number of benzene rings is 1. The predicted molar refractivity (Wildman–Crippen MR) is 94.2 cm³/mol. The van der Waals surface area contributed by atoms with Crippen LogP contribution in [0.5, 0.6) is 0 Å². The van der Waals surface area contributed by atoms with Crippen LogP contribution in [0.2, 0.25) is 0 Å². The molecule has 1 aromatic carbocycles. The maximum atomic E-state index is 11.5. The lowest BCUT2D eigenvalue weighted by Crippen LogP contribution is -2.41. The lowest BCUT2D eigenvalue weighted by atomic mass is 9.77. The third-order valence-electron chi connectivity index (χ3n) is 4.52. The van der Waals surface area contributed by atoms with E-state index in [1.54, 1.807) is 19.1 Å². The summed E-state index contributed by atoms with van der Waals surface area (Å²) in [6.45, 7) is 9.34. The number of halogens is 1. The topological polar surface area (TPSA) is 101 Å². The molecule has 1 saturated heterocycles. The van der Waals surface area contributed by atoms with E-state index >= 15 is 0 Å². The highest BCUT2D eigenvalue weighted by molar-refractivity contribution is 8.13. The Morgan fingerprint density at radius 1 is 1.25 bits per heavy atom. The van der Waals surface area contributed by atoms with E-state index in [0.29, 0.717) is 22.3 Å². The molecule has 1 aromatic rings. The molecule has 0 amide bonds. The molecule has 1 aliphatic rings. The van der Waals surface area contributed by atoms with Crippen molar-refractivity contribution < 1.29 is 17.7 Å². The van der Waals surface area contributed by atoms with Crippen molar-refractivity contribution >= 4 is 38.0 Å². The Morgan fingerprint density at radius 2 is 1.79 bits per heavy atom. The third kappa shape index (κ3) is 3.87. The van der Waals surface area contributed by atoms with Crippen molar-refractivity contribution in [3.63, 3.8) is 0 Å². The van der Waals surface area contributed by atoms with E-state index in [-0.39, 0.29) is 5.75 Å². The number of azide groups is 1. The average molecular weight is 372 g/mol. The monoisotopic (exact) mass is 371 g/mol. The molecule has 0 atom stereocenters. The van der Waals surface area contributed by atoms with Crippen molar-refractivity contribution in [1.82, 2.24) is 0 Å². The van der Waals surface area contributed by atoms with Crippen LogP contribution in [0.4, 0.5) is 5.69 Å². The first-order valence-corrected chi connectivity index (χ1v) is 9.80. The predicted octanol–water partition coefficient (Wildman–Crippen LogP) is 3.30. The van der Waals surface area contributed by atoms with Crippen LogP contribution in [-0.2, 0) is 24.1 Å². The summed E-state index contributed by atoms with van der Waals surface area (Å²) in [4.78, 5) is 2.79. The molecule has 0 bridgehead atoms. The second kappa shape index (κ2) is 6.24. The van der Waals surface area contributed by atoms with Gasteiger partial charge < -0.3 is 9.31 Å². The van der Waals surface area contributed by atoms with Crippen LogP contribution in [-0.4, -0.2) is 26.7 Å². The van der Waals surface area contributed by atoms with Crippen LogP contribution in [0, 0.1) is 6.92 Å². The minimum absolute atomic E-state index is 0.319. The van der Waals surface area contributed by atoms with Gasteiger partial charge in [-0.1, -0.05) is 17.2 Å². The van der Waals surface area contributed by atoms with Gasteiger partial charge in [-0.3, -0.25) is 0 Å². The fourth-order valence-electron chi connectivity index (χ4n) is 2.38. The Balaban J connectivity index is 2.53. The first-order valence-electron chi connectivity index (χ1n) is 7.33. The van der Waals surface area contributed by atoms with Crippen molar-refractivity contribution in [1.29, 1.82) is 0 Å². The molecule has 1 heterocycles. The maximum absolute atomic E-state index is 11.5. The molecule has 0 N–H and O–H groups in total. The van der Waals surface area contributed by atoms with Crippen LogP contribution in [0.1, 0.15) is 38.8 Å². The highest BCUT2D eigenvalue weighted by Gasteiger charge is 2.51. The third-order valence-corrected chi connectivity index (χ3v) is 5.50. The highest BCUT2D eigenvalue weighted by atomic mass is 35.7. The van der Waals surface area contributed by atoms with E-state index in [1.807, 2.05) is 27.7 Å². The molecule has 0 spiro atoms. The van der Waals surface area contributed by atoms with Gasteiger partial charge in [0.2, 0.25) is 9.05 Å². The molecule has 0 aliphatic carbocycles. The van der Waals surface area contributed by atoms with Gasteiger partial charge >= 0.3 is 7.12 Å². The summed E-state index contributed by atoms with van der Waals surface area (Å²) in [6.07, 6.45) is 0. The van der Waals surface area contributed by atoms with Crippen LogP contribution >= 0.6 is 10.7 Å². The van der Waals surface area contributed by atoms with E-state index in [1.165, 1.54) is 0 Å². The summed E-state index contributed by atoms with van der Waals surface area (Å²) < 4.78 is 34.9. The molecule has 0 aromatic heterocycles. The fraction of sp³-hybridized carbons (Fsp3) is 0.571.